The van der Waals surface area contributed by atoms with Gasteiger partial charge in [-0.25, -0.2) is 0 Å². The average molecular weight is 245 g/mol. The number of aromatic nitrogens is 3. The molecule has 0 aliphatic heterocycles. The number of hydrogen-bond donors (Lipinski definition) is 3. The van der Waals surface area contributed by atoms with E-state index in [4.69, 9.17) is 5.73 Å². The zero-order valence-electron chi connectivity index (χ0n) is 10.3. The van der Waals surface area contributed by atoms with Gasteiger partial charge in [-0.1, -0.05) is 6.07 Å². The van der Waals surface area contributed by atoms with Crippen molar-refractivity contribution in [3.63, 3.8) is 0 Å². The Morgan fingerprint density at radius 2 is 2.33 bits per heavy atom. The number of nitrogens with zero attached hydrogens (tertiary/aromatic N) is 2. The number of carbonyl (C=O) groups excluding carboxylic acids is 1. The van der Waals surface area contributed by atoms with E-state index in [0.717, 1.165) is 5.56 Å². The SMILES string of the molecule is Cc1[nH]nc(C(=O)NC(C)c2cccnc2)c1N. The Hall–Kier alpha value is -2.37. The first-order valence-corrected chi connectivity index (χ1v) is 5.61. The topological polar surface area (TPSA) is 96.7 Å². The number of anilines is 1. The van der Waals surface area contributed by atoms with E-state index in [1.807, 2.05) is 19.1 Å². The number of aromatic amines is 1. The van der Waals surface area contributed by atoms with Crippen LogP contribution in [0.5, 0.6) is 0 Å². The summed E-state index contributed by atoms with van der Waals surface area (Å²) in [5, 5.41) is 9.39. The lowest BCUT2D eigenvalue weighted by molar-refractivity contribution is 0.0935. The number of aryl methyl sites for hydroxylation is 1. The molecule has 0 aliphatic carbocycles. The molecule has 0 fully saturated rings. The zero-order valence-corrected chi connectivity index (χ0v) is 10.3. The van der Waals surface area contributed by atoms with Crippen LogP contribution in [-0.2, 0) is 0 Å². The minimum atomic E-state index is -0.298. The van der Waals surface area contributed by atoms with Gasteiger partial charge in [-0.15, -0.1) is 0 Å². The lowest BCUT2D eigenvalue weighted by Gasteiger charge is -2.12. The third-order valence-electron chi connectivity index (χ3n) is 2.74. The Labute approximate surface area is 105 Å². The van der Waals surface area contributed by atoms with Crippen molar-refractivity contribution in [1.29, 1.82) is 0 Å². The molecule has 0 spiro atoms. The number of H-pyrrole nitrogens is 1. The molecule has 2 rings (SSSR count). The number of amides is 1. The van der Waals surface area contributed by atoms with Crippen molar-refractivity contribution in [2.45, 2.75) is 19.9 Å². The smallest absolute Gasteiger partial charge is 0.274 e. The van der Waals surface area contributed by atoms with Crippen molar-refractivity contribution in [1.82, 2.24) is 20.5 Å². The van der Waals surface area contributed by atoms with Crippen molar-refractivity contribution in [2.24, 2.45) is 0 Å². The van der Waals surface area contributed by atoms with Crippen LogP contribution in [0, 0.1) is 6.92 Å². The summed E-state index contributed by atoms with van der Waals surface area (Å²) in [5.74, 6) is -0.298. The second-order valence-electron chi connectivity index (χ2n) is 4.09. The highest BCUT2D eigenvalue weighted by Crippen LogP contribution is 2.15. The number of nitrogens with one attached hydrogen (secondary N) is 2. The van der Waals surface area contributed by atoms with Crippen molar-refractivity contribution in [3.05, 3.63) is 41.5 Å². The van der Waals surface area contributed by atoms with Gasteiger partial charge < -0.3 is 11.1 Å². The predicted octanol–water partition coefficient (Wildman–Crippen LogP) is 1.19. The molecule has 1 unspecified atom stereocenters. The van der Waals surface area contributed by atoms with Crippen molar-refractivity contribution < 1.29 is 4.79 Å². The fourth-order valence-electron chi connectivity index (χ4n) is 1.59. The summed E-state index contributed by atoms with van der Waals surface area (Å²) < 4.78 is 0. The monoisotopic (exact) mass is 245 g/mol. The molecule has 2 aromatic rings. The summed E-state index contributed by atoms with van der Waals surface area (Å²) in [7, 11) is 0. The van der Waals surface area contributed by atoms with Gasteiger partial charge in [0.05, 0.1) is 17.4 Å². The summed E-state index contributed by atoms with van der Waals surface area (Å²) in [6.45, 7) is 3.65. The van der Waals surface area contributed by atoms with E-state index in [9.17, 15) is 4.79 Å². The standard InChI is InChI=1S/C12H15N5O/c1-7(9-4-3-5-14-6-9)15-12(18)11-10(13)8(2)16-17-11/h3-7H,13H2,1-2H3,(H,15,18)(H,16,17). The maximum Gasteiger partial charge on any atom is 0.274 e. The number of pyridine rings is 1. The Bertz CT molecular complexity index is 549. The summed E-state index contributed by atoms with van der Waals surface area (Å²) in [4.78, 5) is 16.0. The largest absolute Gasteiger partial charge is 0.395 e. The Morgan fingerprint density at radius 3 is 2.89 bits per heavy atom. The first-order valence-electron chi connectivity index (χ1n) is 5.61. The Balaban J connectivity index is 2.11. The molecule has 0 aromatic carbocycles. The zero-order chi connectivity index (χ0) is 13.1. The van der Waals surface area contributed by atoms with Crippen LogP contribution in [0.2, 0.25) is 0 Å². The predicted molar refractivity (Wildman–Crippen MR) is 67.9 cm³/mol. The Kier molecular flexibility index (Phi) is 3.27. The molecule has 18 heavy (non-hydrogen) atoms. The quantitative estimate of drug-likeness (QED) is 0.756. The molecule has 2 heterocycles. The lowest BCUT2D eigenvalue weighted by Crippen LogP contribution is -2.27. The maximum absolute atomic E-state index is 12.0. The summed E-state index contributed by atoms with van der Waals surface area (Å²) in [5.41, 5.74) is 7.97. The van der Waals surface area contributed by atoms with Crippen LogP contribution in [0.3, 0.4) is 0 Å². The van der Waals surface area contributed by atoms with E-state index < -0.39 is 0 Å². The first-order chi connectivity index (χ1) is 8.59. The highest BCUT2D eigenvalue weighted by Gasteiger charge is 2.17. The van der Waals surface area contributed by atoms with Crippen molar-refractivity contribution in [3.8, 4) is 0 Å². The number of carbonyl (C=O) groups is 1. The van der Waals surface area contributed by atoms with E-state index in [2.05, 4.69) is 20.5 Å². The third-order valence-corrected chi connectivity index (χ3v) is 2.74. The molecule has 0 bridgehead atoms. The van der Waals surface area contributed by atoms with Gasteiger partial charge >= 0.3 is 0 Å². The van der Waals surface area contributed by atoms with Crippen LogP contribution in [0.25, 0.3) is 0 Å². The normalized spacial score (nSPS) is 12.1. The molecule has 0 saturated carbocycles. The molecule has 6 heteroatoms. The average Bonchev–Trinajstić information content (AvgIpc) is 2.71. The maximum atomic E-state index is 12.0. The summed E-state index contributed by atoms with van der Waals surface area (Å²) >= 11 is 0. The van der Waals surface area contributed by atoms with Crippen molar-refractivity contribution in [2.75, 3.05) is 5.73 Å². The van der Waals surface area contributed by atoms with E-state index in [1.54, 1.807) is 19.3 Å². The summed E-state index contributed by atoms with van der Waals surface area (Å²) in [6, 6.07) is 3.57. The van der Waals surface area contributed by atoms with E-state index >= 15 is 0 Å². The molecular formula is C12H15N5O. The van der Waals surface area contributed by atoms with Gasteiger partial charge in [0, 0.05) is 12.4 Å². The molecule has 0 saturated heterocycles. The van der Waals surface area contributed by atoms with Crippen LogP contribution in [0.1, 0.15) is 34.7 Å². The first kappa shape index (κ1) is 12.1. The van der Waals surface area contributed by atoms with Crippen molar-refractivity contribution >= 4 is 11.6 Å². The second kappa shape index (κ2) is 4.87. The van der Waals surface area contributed by atoms with Gasteiger partial charge in [0.1, 0.15) is 0 Å². The van der Waals surface area contributed by atoms with Crippen LogP contribution in [0.15, 0.2) is 24.5 Å². The highest BCUT2D eigenvalue weighted by molar-refractivity contribution is 5.97. The van der Waals surface area contributed by atoms with E-state index in [1.165, 1.54) is 0 Å². The number of nitrogen functional groups attached to an aromatic ring is 1. The number of rotatable bonds is 3. The second-order valence-corrected chi connectivity index (χ2v) is 4.09. The molecule has 2 aromatic heterocycles. The molecule has 4 N–H and O–H groups in total. The van der Waals surface area contributed by atoms with Gasteiger partial charge in [-0.3, -0.25) is 14.9 Å². The van der Waals surface area contributed by atoms with Gasteiger partial charge in [0.2, 0.25) is 0 Å². The minimum Gasteiger partial charge on any atom is -0.395 e. The molecule has 1 amide bonds. The summed E-state index contributed by atoms with van der Waals surface area (Å²) in [6.07, 6.45) is 3.40. The van der Waals surface area contributed by atoms with Crippen LogP contribution >= 0.6 is 0 Å². The van der Waals surface area contributed by atoms with Gasteiger partial charge in [-0.05, 0) is 25.5 Å². The molecule has 94 valence electrons. The number of hydrogen-bond acceptors (Lipinski definition) is 4. The van der Waals surface area contributed by atoms with Gasteiger partial charge in [0.15, 0.2) is 5.69 Å². The molecule has 0 radical (unpaired) electrons. The van der Waals surface area contributed by atoms with Crippen LogP contribution in [-0.4, -0.2) is 21.1 Å². The van der Waals surface area contributed by atoms with E-state index in [-0.39, 0.29) is 17.6 Å². The van der Waals surface area contributed by atoms with Crippen LogP contribution < -0.4 is 11.1 Å². The third kappa shape index (κ3) is 2.32. The van der Waals surface area contributed by atoms with E-state index in [0.29, 0.717) is 11.4 Å². The van der Waals surface area contributed by atoms with Crippen LogP contribution in [0.4, 0.5) is 5.69 Å². The molecular weight excluding hydrogens is 230 g/mol. The highest BCUT2D eigenvalue weighted by atomic mass is 16.2. The molecule has 0 aliphatic rings. The number of nitrogens with two attached hydrogens (primary N) is 1. The molecule has 1 atom stereocenters. The minimum absolute atomic E-state index is 0.150. The lowest BCUT2D eigenvalue weighted by atomic mass is 10.1. The Morgan fingerprint density at radius 1 is 1.56 bits per heavy atom. The fraction of sp³-hybridized carbons (Fsp3) is 0.250. The van der Waals surface area contributed by atoms with Gasteiger partial charge in [-0.2, -0.15) is 5.10 Å². The van der Waals surface area contributed by atoms with Gasteiger partial charge in [0.25, 0.3) is 5.91 Å². The fourth-order valence-corrected chi connectivity index (χ4v) is 1.59. The molecule has 6 nitrogen and oxygen atoms in total.